The molecule has 0 spiro atoms. The lowest BCUT2D eigenvalue weighted by atomic mass is 9.87. The number of amides is 2. The van der Waals surface area contributed by atoms with E-state index in [1.165, 1.54) is 7.11 Å². The molecule has 0 radical (unpaired) electrons. The van der Waals surface area contributed by atoms with Crippen molar-refractivity contribution in [2.75, 3.05) is 39.4 Å². The zero-order chi connectivity index (χ0) is 25.9. The van der Waals surface area contributed by atoms with E-state index in [-0.39, 0.29) is 37.2 Å². The number of carbonyl (C=O) groups is 4. The van der Waals surface area contributed by atoms with Crippen LogP contribution in [0.4, 0.5) is 4.79 Å². The highest BCUT2D eigenvalue weighted by molar-refractivity contribution is 8.13. The van der Waals surface area contributed by atoms with Gasteiger partial charge in [0, 0.05) is 24.3 Å². The van der Waals surface area contributed by atoms with E-state index in [1.807, 2.05) is 13.8 Å². The maximum atomic E-state index is 12.7. The first-order chi connectivity index (χ1) is 15.8. The molecule has 0 bridgehead atoms. The molecular formula is C19H34N3O10PS. The van der Waals surface area contributed by atoms with Crippen molar-refractivity contribution in [1.29, 1.82) is 0 Å². The van der Waals surface area contributed by atoms with Gasteiger partial charge in [-0.1, -0.05) is 39.5 Å². The molecule has 1 saturated heterocycles. The summed E-state index contributed by atoms with van der Waals surface area (Å²) in [6.45, 7) is 6.26. The number of nitrogens with one attached hydrogen (secondary N) is 2. The van der Waals surface area contributed by atoms with E-state index in [0.29, 0.717) is 5.75 Å². The van der Waals surface area contributed by atoms with Gasteiger partial charge in [0.2, 0.25) is 17.8 Å². The van der Waals surface area contributed by atoms with Gasteiger partial charge < -0.3 is 25.8 Å². The van der Waals surface area contributed by atoms with E-state index >= 15 is 0 Å². The summed E-state index contributed by atoms with van der Waals surface area (Å²) in [5.41, 5.74) is 4.90. The van der Waals surface area contributed by atoms with Gasteiger partial charge in [0.05, 0.1) is 26.2 Å². The highest BCUT2D eigenvalue weighted by atomic mass is 32.2. The Labute approximate surface area is 203 Å². The van der Waals surface area contributed by atoms with E-state index in [4.69, 9.17) is 24.0 Å². The van der Waals surface area contributed by atoms with Crippen LogP contribution in [0.1, 0.15) is 34.1 Å². The van der Waals surface area contributed by atoms with E-state index in [1.54, 1.807) is 13.8 Å². The Hall–Kier alpha value is -1.70. The molecule has 1 heterocycles. The summed E-state index contributed by atoms with van der Waals surface area (Å²) in [5.74, 6) is -0.801. The molecule has 2 amide bonds. The number of phosphoric ester groups is 1. The van der Waals surface area contributed by atoms with Crippen molar-refractivity contribution >= 4 is 42.7 Å². The molecule has 3 atom stereocenters. The average molecular weight is 528 g/mol. The largest absolute Gasteiger partial charge is 0.478 e. The minimum Gasteiger partial charge on any atom is -0.469 e. The molecule has 15 heteroatoms. The summed E-state index contributed by atoms with van der Waals surface area (Å²) in [4.78, 5) is 47.2. The lowest BCUT2D eigenvalue weighted by Gasteiger charge is -2.39. The van der Waals surface area contributed by atoms with E-state index in [0.717, 1.165) is 11.8 Å². The second-order valence-electron chi connectivity index (χ2n) is 8.35. The number of hydrogen-bond acceptors (Lipinski definition) is 12. The smallest absolute Gasteiger partial charge is 0.469 e. The van der Waals surface area contributed by atoms with Gasteiger partial charge in [-0.05, 0) is 5.92 Å². The average Bonchev–Trinajstić information content (AvgIpc) is 2.77. The lowest BCUT2D eigenvalue weighted by Crippen LogP contribution is -2.50. The van der Waals surface area contributed by atoms with Gasteiger partial charge >= 0.3 is 19.9 Å². The molecule has 1 aliphatic rings. The zero-order valence-electron chi connectivity index (χ0n) is 20.0. The number of ether oxygens (including phenoxy) is 2. The van der Waals surface area contributed by atoms with Crippen LogP contribution in [0.15, 0.2) is 0 Å². The third-order valence-corrected chi connectivity index (χ3v) is 6.94. The molecule has 0 aromatic heterocycles. The Morgan fingerprint density at radius 1 is 1.21 bits per heavy atom. The maximum absolute atomic E-state index is 12.7. The quantitative estimate of drug-likeness (QED) is 0.143. The lowest BCUT2D eigenvalue weighted by molar-refractivity contribution is -0.144. The summed E-state index contributed by atoms with van der Waals surface area (Å²) in [6, 6.07) is -0.582. The number of phosphoric acid groups is 1. The molecule has 0 saturated carbocycles. The summed E-state index contributed by atoms with van der Waals surface area (Å²) in [5, 5.41) is 4.74. The van der Waals surface area contributed by atoms with E-state index < -0.39 is 50.1 Å². The van der Waals surface area contributed by atoms with E-state index in [2.05, 4.69) is 15.4 Å². The monoisotopic (exact) mass is 527 g/mol. The Balaban J connectivity index is 2.42. The number of alkyl carbamates (subject to hydrolysis) is 1. The van der Waals surface area contributed by atoms with Crippen molar-refractivity contribution in [2.24, 2.45) is 17.1 Å². The van der Waals surface area contributed by atoms with Crippen LogP contribution in [-0.4, -0.2) is 74.6 Å². The van der Waals surface area contributed by atoms with Crippen LogP contribution in [0.3, 0.4) is 0 Å². The van der Waals surface area contributed by atoms with Crippen LogP contribution in [0.5, 0.6) is 0 Å². The van der Waals surface area contributed by atoms with Gasteiger partial charge in [0.25, 0.3) is 0 Å². The van der Waals surface area contributed by atoms with Crippen molar-refractivity contribution in [3.05, 3.63) is 0 Å². The van der Waals surface area contributed by atoms with Crippen molar-refractivity contribution in [1.82, 2.24) is 10.6 Å². The molecule has 4 N–H and O–H groups in total. The number of thioether (sulfide) groups is 1. The fourth-order valence-corrected chi connectivity index (χ4v) is 4.82. The third-order valence-electron chi connectivity index (χ3n) is 4.64. The third kappa shape index (κ3) is 10.3. The predicted molar refractivity (Wildman–Crippen MR) is 123 cm³/mol. The van der Waals surface area contributed by atoms with Crippen LogP contribution in [0.25, 0.3) is 0 Å². The second kappa shape index (κ2) is 14.0. The van der Waals surface area contributed by atoms with Gasteiger partial charge in [-0.25, -0.2) is 13.9 Å². The van der Waals surface area contributed by atoms with Crippen LogP contribution in [0, 0.1) is 11.3 Å². The summed E-state index contributed by atoms with van der Waals surface area (Å²) in [6.07, 6.45) is -2.12. The number of nitrogens with two attached hydrogens (primary N) is 1. The molecule has 0 aliphatic carbocycles. The predicted octanol–water partition coefficient (Wildman–Crippen LogP) is 1.16. The molecule has 1 aliphatic heterocycles. The molecule has 34 heavy (non-hydrogen) atoms. The Kier molecular flexibility index (Phi) is 12.5. The normalized spacial score (nSPS) is 22.5. The first-order valence-corrected chi connectivity index (χ1v) is 13.0. The molecule has 196 valence electrons. The Morgan fingerprint density at radius 3 is 2.50 bits per heavy atom. The standard InChI is InChI=1S/C19H34N3O10PS/c1-12(2)14(20)17(25)34-9-8-22-18(26)29-11-31-33(27)30-10-19(3,4)15(32-33)16(24)21-7-6-13(23)28-5/h12,14-15H,6-11,20H2,1-5H3,(H,21,24)(H,22,26)/t14?,15-,33+/m0/s1. The number of carbonyl (C=O) groups excluding carboxylic acids is 4. The summed E-state index contributed by atoms with van der Waals surface area (Å²) >= 11 is 0.998. The minimum absolute atomic E-state index is 0.00400. The van der Waals surface area contributed by atoms with Crippen molar-refractivity contribution in [3.8, 4) is 0 Å². The molecule has 13 nitrogen and oxygen atoms in total. The van der Waals surface area contributed by atoms with Gasteiger partial charge in [0.1, 0.15) is 0 Å². The second-order valence-corrected chi connectivity index (χ2v) is 11.1. The molecule has 1 unspecified atom stereocenters. The topological polar surface area (TPSA) is 182 Å². The summed E-state index contributed by atoms with van der Waals surface area (Å²) < 4.78 is 37.4. The van der Waals surface area contributed by atoms with Gasteiger partial charge in [-0.15, -0.1) is 0 Å². The Morgan fingerprint density at radius 2 is 1.88 bits per heavy atom. The minimum atomic E-state index is -4.20. The first kappa shape index (κ1) is 30.3. The highest BCUT2D eigenvalue weighted by Gasteiger charge is 2.49. The molecule has 0 aromatic rings. The van der Waals surface area contributed by atoms with Crippen LogP contribution in [0.2, 0.25) is 0 Å². The molecule has 1 fully saturated rings. The number of methoxy groups -OCH3 is 1. The molecule has 0 aromatic carbocycles. The zero-order valence-corrected chi connectivity index (χ0v) is 21.7. The first-order valence-electron chi connectivity index (χ1n) is 10.6. The van der Waals surface area contributed by atoms with Gasteiger partial charge in [-0.3, -0.25) is 23.4 Å². The van der Waals surface area contributed by atoms with Crippen LogP contribution >= 0.6 is 19.6 Å². The number of esters is 1. The Bertz CT molecular complexity index is 779. The van der Waals surface area contributed by atoms with Crippen molar-refractivity contribution < 1.29 is 46.8 Å². The maximum Gasteiger partial charge on any atom is 0.478 e. The summed E-state index contributed by atoms with van der Waals surface area (Å²) in [7, 11) is -2.97. The number of rotatable bonds is 12. The SMILES string of the molecule is COC(=O)CCNC(=O)[C@@H]1O[P@@](=O)(OCOC(=O)NCCSC(=O)C(N)C(C)C)OCC1(C)C. The van der Waals surface area contributed by atoms with Crippen LogP contribution < -0.4 is 16.4 Å². The number of hydrogen-bond donors (Lipinski definition) is 3. The highest BCUT2D eigenvalue weighted by Crippen LogP contribution is 2.57. The van der Waals surface area contributed by atoms with Crippen molar-refractivity contribution in [2.45, 2.75) is 46.3 Å². The van der Waals surface area contributed by atoms with Gasteiger partial charge in [0.15, 0.2) is 6.10 Å². The molecule has 1 rings (SSSR count). The van der Waals surface area contributed by atoms with Crippen molar-refractivity contribution in [3.63, 3.8) is 0 Å². The fourth-order valence-electron chi connectivity index (χ4n) is 2.44. The van der Waals surface area contributed by atoms with E-state index in [9.17, 15) is 23.7 Å². The molecular weight excluding hydrogens is 493 g/mol. The van der Waals surface area contributed by atoms with Gasteiger partial charge in [-0.2, -0.15) is 0 Å². The van der Waals surface area contributed by atoms with Crippen LogP contribution in [-0.2, 0) is 42.0 Å². The fraction of sp³-hybridized carbons (Fsp3) is 0.789.